The molecular formula is C12H18N2O2. The fraction of sp³-hybridized carbons (Fsp3) is 0.583. The topological polar surface area (TPSA) is 43.3 Å². The average molecular weight is 222 g/mol. The Kier molecular flexibility index (Phi) is 3.74. The van der Waals surface area contributed by atoms with Crippen LogP contribution in [0.5, 0.6) is 0 Å². The van der Waals surface area contributed by atoms with Crippen LogP contribution in [0.15, 0.2) is 29.2 Å². The van der Waals surface area contributed by atoms with Crippen LogP contribution in [0.4, 0.5) is 0 Å². The predicted octanol–water partition coefficient (Wildman–Crippen LogP) is 0.473. The van der Waals surface area contributed by atoms with Crippen LogP contribution in [0.25, 0.3) is 0 Å². The molecule has 0 saturated carbocycles. The van der Waals surface area contributed by atoms with E-state index in [9.17, 15) is 4.79 Å². The van der Waals surface area contributed by atoms with Crippen LogP contribution in [0.1, 0.15) is 6.42 Å². The summed E-state index contributed by atoms with van der Waals surface area (Å²) in [7, 11) is 1.94. The van der Waals surface area contributed by atoms with Gasteiger partial charge in [0.2, 0.25) is 0 Å². The quantitative estimate of drug-likeness (QED) is 0.805. The Bertz CT molecular complexity index is 383. The van der Waals surface area contributed by atoms with Gasteiger partial charge in [-0.15, -0.1) is 0 Å². The van der Waals surface area contributed by atoms with Crippen molar-refractivity contribution in [3.8, 4) is 0 Å². The molecule has 1 fully saturated rings. The normalized spacial score (nSPS) is 22.2. The lowest BCUT2D eigenvalue weighted by atomic mass is 9.99. The minimum atomic E-state index is 0.0571. The summed E-state index contributed by atoms with van der Waals surface area (Å²) in [5.41, 5.74) is 0.0571. The van der Waals surface area contributed by atoms with Crippen molar-refractivity contribution in [2.45, 2.75) is 19.0 Å². The third-order valence-corrected chi connectivity index (χ3v) is 3.20. The molecule has 0 amide bonds. The van der Waals surface area contributed by atoms with E-state index in [4.69, 9.17) is 4.74 Å². The summed E-state index contributed by atoms with van der Waals surface area (Å²) in [6, 6.07) is 5.56. The van der Waals surface area contributed by atoms with Crippen molar-refractivity contribution < 1.29 is 4.74 Å². The van der Waals surface area contributed by atoms with Crippen molar-refractivity contribution in [2.75, 3.05) is 20.3 Å². The molecule has 88 valence electrons. The molecule has 1 aromatic rings. The van der Waals surface area contributed by atoms with Crippen LogP contribution < -0.4 is 10.9 Å². The zero-order valence-electron chi connectivity index (χ0n) is 9.56. The van der Waals surface area contributed by atoms with Crippen LogP contribution in [-0.2, 0) is 11.3 Å². The Balaban J connectivity index is 2.06. The highest BCUT2D eigenvalue weighted by atomic mass is 16.5. The van der Waals surface area contributed by atoms with Gasteiger partial charge in [-0.2, -0.15) is 0 Å². The van der Waals surface area contributed by atoms with Crippen LogP contribution >= 0.6 is 0 Å². The van der Waals surface area contributed by atoms with E-state index in [1.54, 1.807) is 16.7 Å². The fourth-order valence-electron chi connectivity index (χ4n) is 2.17. The maximum absolute atomic E-state index is 11.6. The molecule has 2 unspecified atom stereocenters. The highest BCUT2D eigenvalue weighted by molar-refractivity contribution is 4.94. The maximum atomic E-state index is 11.6. The monoisotopic (exact) mass is 222 g/mol. The van der Waals surface area contributed by atoms with Gasteiger partial charge in [0.25, 0.3) is 5.56 Å². The lowest BCUT2D eigenvalue weighted by molar-refractivity contribution is 0.175. The molecule has 0 aromatic carbocycles. The number of hydrogen-bond acceptors (Lipinski definition) is 3. The molecule has 2 heterocycles. The summed E-state index contributed by atoms with van der Waals surface area (Å²) >= 11 is 0. The van der Waals surface area contributed by atoms with Crippen molar-refractivity contribution >= 4 is 0 Å². The minimum absolute atomic E-state index is 0.0571. The molecule has 16 heavy (non-hydrogen) atoms. The van der Waals surface area contributed by atoms with Crippen molar-refractivity contribution in [2.24, 2.45) is 5.92 Å². The van der Waals surface area contributed by atoms with Gasteiger partial charge in [-0.3, -0.25) is 4.79 Å². The molecule has 1 aromatic heterocycles. The van der Waals surface area contributed by atoms with Gasteiger partial charge in [0.05, 0.1) is 6.61 Å². The Morgan fingerprint density at radius 3 is 3.12 bits per heavy atom. The van der Waals surface area contributed by atoms with E-state index in [1.165, 1.54) is 0 Å². The Morgan fingerprint density at radius 1 is 1.62 bits per heavy atom. The molecule has 1 N–H and O–H groups in total. The molecular weight excluding hydrogens is 204 g/mol. The zero-order chi connectivity index (χ0) is 11.4. The van der Waals surface area contributed by atoms with Crippen molar-refractivity contribution in [1.29, 1.82) is 0 Å². The lowest BCUT2D eigenvalue weighted by Gasteiger charge is -2.22. The van der Waals surface area contributed by atoms with E-state index in [2.05, 4.69) is 5.32 Å². The van der Waals surface area contributed by atoms with Crippen LogP contribution in [0.3, 0.4) is 0 Å². The highest BCUT2D eigenvalue weighted by Crippen LogP contribution is 2.17. The second-order valence-corrected chi connectivity index (χ2v) is 4.21. The number of pyridine rings is 1. The van der Waals surface area contributed by atoms with E-state index in [1.807, 2.05) is 19.3 Å². The Morgan fingerprint density at radius 2 is 2.50 bits per heavy atom. The number of nitrogens with zero attached hydrogens (tertiary/aromatic N) is 1. The van der Waals surface area contributed by atoms with E-state index >= 15 is 0 Å². The molecule has 0 bridgehead atoms. The summed E-state index contributed by atoms with van der Waals surface area (Å²) in [5, 5.41) is 3.28. The third kappa shape index (κ3) is 2.51. The first kappa shape index (κ1) is 11.4. The number of rotatable bonds is 4. The minimum Gasteiger partial charge on any atom is -0.381 e. The second kappa shape index (κ2) is 5.27. The highest BCUT2D eigenvalue weighted by Gasteiger charge is 2.24. The van der Waals surface area contributed by atoms with Gasteiger partial charge in [-0.25, -0.2) is 0 Å². The largest absolute Gasteiger partial charge is 0.381 e. The molecule has 2 atom stereocenters. The fourth-order valence-corrected chi connectivity index (χ4v) is 2.17. The molecule has 4 heteroatoms. The third-order valence-electron chi connectivity index (χ3n) is 3.20. The maximum Gasteiger partial charge on any atom is 0.250 e. The van der Waals surface area contributed by atoms with Crippen molar-refractivity contribution in [3.05, 3.63) is 34.7 Å². The van der Waals surface area contributed by atoms with Crippen LogP contribution in [0.2, 0.25) is 0 Å². The van der Waals surface area contributed by atoms with Crippen molar-refractivity contribution in [3.63, 3.8) is 0 Å². The van der Waals surface area contributed by atoms with E-state index in [-0.39, 0.29) is 5.56 Å². The molecule has 0 aliphatic carbocycles. The van der Waals surface area contributed by atoms with Crippen LogP contribution in [-0.4, -0.2) is 30.9 Å². The molecule has 2 rings (SSSR count). The van der Waals surface area contributed by atoms with E-state index in [0.717, 1.165) is 19.6 Å². The van der Waals surface area contributed by atoms with Gasteiger partial charge in [-0.05, 0) is 19.5 Å². The number of likely N-dealkylation sites (N-methyl/N-ethyl adjacent to an activating group) is 1. The second-order valence-electron chi connectivity index (χ2n) is 4.21. The summed E-state index contributed by atoms with van der Waals surface area (Å²) in [6.45, 7) is 2.35. The number of hydrogen-bond donors (Lipinski definition) is 1. The van der Waals surface area contributed by atoms with E-state index < -0.39 is 0 Å². The lowest BCUT2D eigenvalue weighted by Crippen LogP contribution is -2.40. The molecule has 0 radical (unpaired) electrons. The zero-order valence-corrected chi connectivity index (χ0v) is 9.56. The molecule has 1 aliphatic heterocycles. The summed E-state index contributed by atoms with van der Waals surface area (Å²) < 4.78 is 7.13. The molecule has 0 spiro atoms. The predicted molar refractivity (Wildman–Crippen MR) is 62.5 cm³/mol. The van der Waals surface area contributed by atoms with Crippen molar-refractivity contribution in [1.82, 2.24) is 9.88 Å². The summed E-state index contributed by atoms with van der Waals surface area (Å²) in [5.74, 6) is 0.511. The first-order valence-electron chi connectivity index (χ1n) is 5.71. The molecule has 1 aliphatic rings. The van der Waals surface area contributed by atoms with Gasteiger partial charge in [0, 0.05) is 37.4 Å². The Labute approximate surface area is 95.2 Å². The van der Waals surface area contributed by atoms with Crippen LogP contribution in [0, 0.1) is 5.92 Å². The standard InChI is InChI=1S/C12H18N2O2/c1-13-11(10-5-7-16-9-10)8-14-6-3-2-4-12(14)15/h2-4,6,10-11,13H,5,7-9H2,1H3. The number of aromatic nitrogens is 1. The molecule has 4 nitrogen and oxygen atoms in total. The number of ether oxygens (including phenoxy) is 1. The van der Waals surface area contributed by atoms with Gasteiger partial charge < -0.3 is 14.6 Å². The van der Waals surface area contributed by atoms with Gasteiger partial charge in [0.1, 0.15) is 0 Å². The van der Waals surface area contributed by atoms with E-state index in [0.29, 0.717) is 18.5 Å². The first-order valence-corrected chi connectivity index (χ1v) is 5.71. The Hall–Kier alpha value is -1.13. The van der Waals surface area contributed by atoms with Gasteiger partial charge in [0.15, 0.2) is 0 Å². The number of nitrogens with one attached hydrogen (secondary N) is 1. The SMILES string of the molecule is CNC(Cn1ccccc1=O)C1CCOC1. The van der Waals surface area contributed by atoms with Gasteiger partial charge in [-0.1, -0.05) is 6.07 Å². The molecule has 1 saturated heterocycles. The smallest absolute Gasteiger partial charge is 0.250 e. The summed E-state index contributed by atoms with van der Waals surface area (Å²) in [6.07, 6.45) is 2.91. The summed E-state index contributed by atoms with van der Waals surface area (Å²) in [4.78, 5) is 11.6. The first-order chi connectivity index (χ1) is 7.81. The van der Waals surface area contributed by atoms with Gasteiger partial charge >= 0.3 is 0 Å². The average Bonchev–Trinajstić information content (AvgIpc) is 2.81.